The molecule has 1 aromatic heterocycles. The summed E-state index contributed by atoms with van der Waals surface area (Å²) in [5.74, 6) is 0. The Morgan fingerprint density at radius 1 is 1.17 bits per heavy atom. The molecule has 1 heterocycles. The number of aryl methyl sites for hydroxylation is 1. The number of aromatic nitrogens is 3. The second-order valence-corrected chi connectivity index (χ2v) is 6.95. The highest BCUT2D eigenvalue weighted by atomic mass is 35.5. The van der Waals surface area contributed by atoms with Crippen molar-refractivity contribution in [1.29, 1.82) is 0 Å². The minimum atomic E-state index is -3.82. The Morgan fingerprint density at radius 2 is 1.96 bits per heavy atom. The molecule has 1 N–H and O–H groups in total. The zero-order valence-corrected chi connectivity index (χ0v) is 13.7. The highest BCUT2D eigenvalue weighted by Gasteiger charge is 2.19. The lowest BCUT2D eigenvalue weighted by Crippen LogP contribution is -2.15. The lowest BCUT2D eigenvalue weighted by molar-refractivity contribution is 0.601. The van der Waals surface area contributed by atoms with Crippen LogP contribution in [-0.4, -0.2) is 23.2 Å². The summed E-state index contributed by atoms with van der Waals surface area (Å²) in [6.07, 6.45) is 2.87. The molecular weight excluding hydrogens is 336 g/mol. The van der Waals surface area contributed by atoms with Gasteiger partial charge in [0, 0.05) is 0 Å². The maximum atomic E-state index is 12.6. The number of anilines is 1. The number of sulfonamides is 1. The van der Waals surface area contributed by atoms with Gasteiger partial charge in [0.1, 0.15) is 17.6 Å². The van der Waals surface area contributed by atoms with Gasteiger partial charge in [-0.15, -0.1) is 0 Å². The number of para-hydroxylation sites is 2. The van der Waals surface area contributed by atoms with Crippen LogP contribution in [0.1, 0.15) is 5.56 Å². The Bertz CT molecular complexity index is 940. The van der Waals surface area contributed by atoms with E-state index in [0.29, 0.717) is 11.4 Å². The van der Waals surface area contributed by atoms with E-state index in [-0.39, 0.29) is 9.92 Å². The monoisotopic (exact) mass is 348 g/mol. The lowest BCUT2D eigenvalue weighted by atomic mass is 10.2. The zero-order valence-electron chi connectivity index (χ0n) is 12.1. The third kappa shape index (κ3) is 3.20. The van der Waals surface area contributed by atoms with Crippen LogP contribution in [0.25, 0.3) is 5.69 Å². The first kappa shape index (κ1) is 15.5. The SMILES string of the molecule is Cc1ccc(S(=O)(=O)Nc2ccccc2-n2cncn2)c(Cl)c1. The maximum Gasteiger partial charge on any atom is 0.263 e. The summed E-state index contributed by atoms with van der Waals surface area (Å²) in [7, 11) is -3.82. The molecule has 0 atom stereocenters. The fourth-order valence-electron chi connectivity index (χ4n) is 2.12. The molecule has 0 aliphatic heterocycles. The number of hydrogen-bond acceptors (Lipinski definition) is 4. The van der Waals surface area contributed by atoms with E-state index in [1.165, 1.54) is 23.4 Å². The van der Waals surface area contributed by atoms with Crippen molar-refractivity contribution < 1.29 is 8.42 Å². The number of hydrogen-bond donors (Lipinski definition) is 1. The summed E-state index contributed by atoms with van der Waals surface area (Å²) < 4.78 is 29.3. The molecule has 0 saturated heterocycles. The van der Waals surface area contributed by atoms with Crippen LogP contribution < -0.4 is 4.72 Å². The Balaban J connectivity index is 2.02. The van der Waals surface area contributed by atoms with Gasteiger partial charge in [0.15, 0.2) is 0 Å². The molecule has 118 valence electrons. The van der Waals surface area contributed by atoms with Gasteiger partial charge in [-0.1, -0.05) is 29.8 Å². The van der Waals surface area contributed by atoms with Crippen LogP contribution in [0.5, 0.6) is 0 Å². The van der Waals surface area contributed by atoms with Crippen LogP contribution >= 0.6 is 11.6 Å². The van der Waals surface area contributed by atoms with Crippen LogP contribution in [0.4, 0.5) is 5.69 Å². The minimum absolute atomic E-state index is 0.0261. The van der Waals surface area contributed by atoms with Crippen LogP contribution in [0.2, 0.25) is 5.02 Å². The molecule has 0 aliphatic carbocycles. The van der Waals surface area contributed by atoms with E-state index >= 15 is 0 Å². The molecule has 0 amide bonds. The largest absolute Gasteiger partial charge is 0.277 e. The molecule has 6 nitrogen and oxygen atoms in total. The molecular formula is C15H13ClN4O2S. The van der Waals surface area contributed by atoms with E-state index in [2.05, 4.69) is 14.8 Å². The van der Waals surface area contributed by atoms with Crippen LogP contribution in [0.15, 0.2) is 60.0 Å². The van der Waals surface area contributed by atoms with Crippen molar-refractivity contribution in [3.05, 3.63) is 65.7 Å². The minimum Gasteiger partial charge on any atom is -0.277 e. The molecule has 0 radical (unpaired) electrons. The predicted octanol–water partition coefficient (Wildman–Crippen LogP) is 3.03. The van der Waals surface area contributed by atoms with Gasteiger partial charge in [0.25, 0.3) is 10.0 Å². The fourth-order valence-corrected chi connectivity index (χ4v) is 3.79. The topological polar surface area (TPSA) is 76.9 Å². The van der Waals surface area contributed by atoms with Crippen molar-refractivity contribution in [3.63, 3.8) is 0 Å². The van der Waals surface area contributed by atoms with Gasteiger partial charge in [0.05, 0.1) is 16.4 Å². The number of rotatable bonds is 4. The highest BCUT2D eigenvalue weighted by Crippen LogP contribution is 2.27. The molecule has 3 aromatic rings. The maximum absolute atomic E-state index is 12.6. The average Bonchev–Trinajstić information content (AvgIpc) is 3.01. The Morgan fingerprint density at radius 3 is 2.65 bits per heavy atom. The second kappa shape index (κ2) is 6.02. The molecule has 8 heteroatoms. The third-order valence-electron chi connectivity index (χ3n) is 3.19. The Hall–Kier alpha value is -2.38. The van der Waals surface area contributed by atoms with Gasteiger partial charge in [-0.3, -0.25) is 4.72 Å². The van der Waals surface area contributed by atoms with E-state index in [1.54, 1.807) is 36.4 Å². The van der Waals surface area contributed by atoms with Gasteiger partial charge < -0.3 is 0 Å². The number of nitrogens with one attached hydrogen (secondary N) is 1. The number of nitrogens with zero attached hydrogens (tertiary/aromatic N) is 3. The molecule has 23 heavy (non-hydrogen) atoms. The summed E-state index contributed by atoms with van der Waals surface area (Å²) in [6.45, 7) is 1.84. The Kier molecular flexibility index (Phi) is 4.06. The van der Waals surface area contributed by atoms with Gasteiger partial charge in [-0.2, -0.15) is 5.10 Å². The number of benzene rings is 2. The van der Waals surface area contributed by atoms with Crippen LogP contribution in [0, 0.1) is 6.92 Å². The van der Waals surface area contributed by atoms with Crippen molar-refractivity contribution >= 4 is 27.3 Å². The molecule has 0 bridgehead atoms. The fraction of sp³-hybridized carbons (Fsp3) is 0.0667. The van der Waals surface area contributed by atoms with Crippen molar-refractivity contribution in [3.8, 4) is 5.69 Å². The standard InChI is InChI=1S/C15H13ClN4O2S/c1-11-6-7-15(12(16)8-11)23(21,22)19-13-4-2-3-5-14(13)20-10-17-9-18-20/h2-10,19H,1H3. The quantitative estimate of drug-likeness (QED) is 0.786. The summed E-state index contributed by atoms with van der Waals surface area (Å²) >= 11 is 6.07. The van der Waals surface area contributed by atoms with E-state index in [4.69, 9.17) is 11.6 Å². The summed E-state index contributed by atoms with van der Waals surface area (Å²) in [6, 6.07) is 11.7. The Labute approximate surface area is 138 Å². The summed E-state index contributed by atoms with van der Waals surface area (Å²) in [5, 5.41) is 4.20. The highest BCUT2D eigenvalue weighted by molar-refractivity contribution is 7.92. The smallest absolute Gasteiger partial charge is 0.263 e. The van der Waals surface area contributed by atoms with Gasteiger partial charge in [-0.25, -0.2) is 18.1 Å². The molecule has 0 fully saturated rings. The molecule has 0 saturated carbocycles. The molecule has 2 aromatic carbocycles. The van der Waals surface area contributed by atoms with Gasteiger partial charge >= 0.3 is 0 Å². The van der Waals surface area contributed by atoms with Crippen LogP contribution in [0.3, 0.4) is 0 Å². The van der Waals surface area contributed by atoms with Gasteiger partial charge in [-0.05, 0) is 36.8 Å². The lowest BCUT2D eigenvalue weighted by Gasteiger charge is -2.13. The van der Waals surface area contributed by atoms with Crippen molar-refractivity contribution in [2.24, 2.45) is 0 Å². The zero-order chi connectivity index (χ0) is 16.4. The number of halogens is 1. The summed E-state index contributed by atoms with van der Waals surface area (Å²) in [5.41, 5.74) is 1.84. The summed E-state index contributed by atoms with van der Waals surface area (Å²) in [4.78, 5) is 3.90. The molecule has 0 spiro atoms. The van der Waals surface area contributed by atoms with E-state index < -0.39 is 10.0 Å². The van der Waals surface area contributed by atoms with Crippen molar-refractivity contribution in [2.75, 3.05) is 4.72 Å². The van der Waals surface area contributed by atoms with Crippen molar-refractivity contribution in [1.82, 2.24) is 14.8 Å². The van der Waals surface area contributed by atoms with Crippen LogP contribution in [-0.2, 0) is 10.0 Å². The predicted molar refractivity (Wildman–Crippen MR) is 88.4 cm³/mol. The first-order valence-electron chi connectivity index (χ1n) is 6.70. The first-order valence-corrected chi connectivity index (χ1v) is 8.56. The second-order valence-electron chi connectivity index (χ2n) is 4.90. The molecule has 3 rings (SSSR count). The normalized spacial score (nSPS) is 11.4. The molecule has 0 unspecified atom stereocenters. The van der Waals surface area contributed by atoms with E-state index in [1.807, 2.05) is 6.92 Å². The van der Waals surface area contributed by atoms with E-state index in [0.717, 1.165) is 5.56 Å². The average molecular weight is 349 g/mol. The van der Waals surface area contributed by atoms with Gasteiger partial charge in [0.2, 0.25) is 0 Å². The van der Waals surface area contributed by atoms with Crippen molar-refractivity contribution in [2.45, 2.75) is 11.8 Å². The first-order chi connectivity index (χ1) is 11.0. The third-order valence-corrected chi connectivity index (χ3v) is 5.04. The van der Waals surface area contributed by atoms with E-state index in [9.17, 15) is 8.42 Å². The molecule has 0 aliphatic rings.